The molecule has 1 atom stereocenters. The molecular weight excluding hydrogens is 331 g/mol. The highest BCUT2D eigenvalue weighted by Crippen LogP contribution is 2.30. The molecule has 1 aromatic heterocycles. The minimum absolute atomic E-state index is 0.310. The Bertz CT molecular complexity index is 981. The van der Waals surface area contributed by atoms with Gasteiger partial charge in [0.2, 0.25) is 0 Å². The number of primary amides is 1. The molecule has 134 valence electrons. The minimum Gasteiger partial charge on any atom is -0.366 e. The molecular formula is C20H21FN4O. The number of aromatic nitrogens is 2. The molecule has 4 rings (SSSR count). The fourth-order valence-corrected chi connectivity index (χ4v) is 3.77. The van der Waals surface area contributed by atoms with E-state index in [0.29, 0.717) is 33.9 Å². The van der Waals surface area contributed by atoms with Crippen LogP contribution in [0.2, 0.25) is 0 Å². The Morgan fingerprint density at radius 1 is 1.35 bits per heavy atom. The summed E-state index contributed by atoms with van der Waals surface area (Å²) in [5.41, 5.74) is 8.27. The SMILES string of the molecule is CN1CCCC(c2ccc(-c3nc4c(C(N)=O)cccc4[nH]3)c(F)c2)C1. The smallest absolute Gasteiger partial charge is 0.250 e. The van der Waals surface area contributed by atoms with Crippen LogP contribution in [-0.4, -0.2) is 40.9 Å². The van der Waals surface area contributed by atoms with Crippen LogP contribution in [0.3, 0.4) is 0 Å². The third kappa shape index (κ3) is 2.97. The molecule has 0 aliphatic carbocycles. The first-order valence-corrected chi connectivity index (χ1v) is 8.80. The van der Waals surface area contributed by atoms with E-state index in [2.05, 4.69) is 21.9 Å². The van der Waals surface area contributed by atoms with Crippen molar-refractivity contribution in [2.24, 2.45) is 5.73 Å². The van der Waals surface area contributed by atoms with Crippen LogP contribution >= 0.6 is 0 Å². The number of nitrogens with zero attached hydrogens (tertiary/aromatic N) is 2. The van der Waals surface area contributed by atoms with Gasteiger partial charge in [0, 0.05) is 6.54 Å². The van der Waals surface area contributed by atoms with Crippen molar-refractivity contribution >= 4 is 16.9 Å². The molecule has 1 aliphatic heterocycles. The number of halogens is 1. The maximum atomic E-state index is 14.8. The number of piperidine rings is 1. The van der Waals surface area contributed by atoms with Crippen LogP contribution in [-0.2, 0) is 0 Å². The highest BCUT2D eigenvalue weighted by molar-refractivity contribution is 6.04. The first kappa shape index (κ1) is 16.7. The second kappa shape index (κ2) is 6.53. The van der Waals surface area contributed by atoms with Crippen LogP contribution in [0.5, 0.6) is 0 Å². The molecule has 1 saturated heterocycles. The summed E-state index contributed by atoms with van der Waals surface area (Å²) in [6.45, 7) is 2.05. The van der Waals surface area contributed by atoms with Crippen LogP contribution in [0.1, 0.15) is 34.7 Å². The average Bonchev–Trinajstić information content (AvgIpc) is 3.05. The van der Waals surface area contributed by atoms with Gasteiger partial charge in [-0.1, -0.05) is 12.1 Å². The molecule has 0 saturated carbocycles. The van der Waals surface area contributed by atoms with Crippen molar-refractivity contribution in [3.8, 4) is 11.4 Å². The molecule has 1 unspecified atom stereocenters. The van der Waals surface area contributed by atoms with E-state index < -0.39 is 5.91 Å². The van der Waals surface area contributed by atoms with Gasteiger partial charge >= 0.3 is 0 Å². The van der Waals surface area contributed by atoms with Crippen LogP contribution in [0.25, 0.3) is 22.4 Å². The molecule has 26 heavy (non-hydrogen) atoms. The zero-order valence-corrected chi connectivity index (χ0v) is 14.6. The lowest BCUT2D eigenvalue weighted by molar-refractivity contribution is 0.100. The number of hydrogen-bond donors (Lipinski definition) is 2. The number of para-hydroxylation sites is 1. The van der Waals surface area contributed by atoms with Crippen LogP contribution in [0, 0.1) is 5.82 Å². The van der Waals surface area contributed by atoms with Crippen LogP contribution in [0.15, 0.2) is 36.4 Å². The minimum atomic E-state index is -0.550. The van der Waals surface area contributed by atoms with Gasteiger partial charge in [-0.3, -0.25) is 4.79 Å². The molecule has 6 heteroatoms. The van der Waals surface area contributed by atoms with Crippen molar-refractivity contribution in [1.82, 2.24) is 14.9 Å². The summed E-state index contributed by atoms with van der Waals surface area (Å²) in [5, 5.41) is 0. The lowest BCUT2D eigenvalue weighted by Gasteiger charge is -2.30. The summed E-state index contributed by atoms with van der Waals surface area (Å²) in [7, 11) is 2.10. The number of likely N-dealkylation sites (tertiary alicyclic amines) is 1. The third-order valence-electron chi connectivity index (χ3n) is 5.12. The van der Waals surface area contributed by atoms with E-state index >= 15 is 0 Å². The summed E-state index contributed by atoms with van der Waals surface area (Å²) >= 11 is 0. The fourth-order valence-electron chi connectivity index (χ4n) is 3.77. The lowest BCUT2D eigenvalue weighted by atomic mass is 9.90. The summed E-state index contributed by atoms with van der Waals surface area (Å²) < 4.78 is 14.8. The quantitative estimate of drug-likeness (QED) is 0.760. The predicted octanol–water partition coefficient (Wildman–Crippen LogP) is 3.28. The number of amides is 1. The highest BCUT2D eigenvalue weighted by Gasteiger charge is 2.21. The Hall–Kier alpha value is -2.73. The zero-order valence-electron chi connectivity index (χ0n) is 14.6. The summed E-state index contributed by atoms with van der Waals surface area (Å²) in [4.78, 5) is 21.3. The van der Waals surface area contributed by atoms with E-state index in [1.165, 1.54) is 0 Å². The van der Waals surface area contributed by atoms with E-state index in [9.17, 15) is 9.18 Å². The molecule has 5 nitrogen and oxygen atoms in total. The predicted molar refractivity (Wildman–Crippen MR) is 99.5 cm³/mol. The van der Waals surface area contributed by atoms with Gasteiger partial charge in [-0.25, -0.2) is 9.37 Å². The number of likely N-dealkylation sites (N-methyl/N-ethyl adjacent to an activating group) is 1. The molecule has 2 heterocycles. The zero-order chi connectivity index (χ0) is 18.3. The van der Waals surface area contributed by atoms with Crippen LogP contribution in [0.4, 0.5) is 4.39 Å². The number of nitrogens with one attached hydrogen (secondary N) is 1. The molecule has 0 bridgehead atoms. The van der Waals surface area contributed by atoms with Gasteiger partial charge in [-0.2, -0.15) is 0 Å². The van der Waals surface area contributed by atoms with Crippen LogP contribution < -0.4 is 5.73 Å². The normalized spacial score (nSPS) is 18.3. The number of H-pyrrole nitrogens is 1. The Morgan fingerprint density at radius 3 is 2.92 bits per heavy atom. The van der Waals surface area contributed by atoms with Crippen molar-refractivity contribution in [2.75, 3.05) is 20.1 Å². The molecule has 1 amide bonds. The second-order valence-electron chi connectivity index (χ2n) is 6.99. The lowest BCUT2D eigenvalue weighted by Crippen LogP contribution is -2.30. The van der Waals surface area contributed by atoms with E-state index in [-0.39, 0.29) is 5.82 Å². The van der Waals surface area contributed by atoms with Gasteiger partial charge in [0.15, 0.2) is 0 Å². The Labute approximate surface area is 151 Å². The maximum absolute atomic E-state index is 14.8. The number of carbonyl (C=O) groups excluding carboxylic acids is 1. The maximum Gasteiger partial charge on any atom is 0.250 e. The van der Waals surface area contributed by atoms with E-state index in [1.807, 2.05) is 6.07 Å². The number of benzene rings is 2. The molecule has 3 N–H and O–H groups in total. The molecule has 2 aromatic carbocycles. The van der Waals surface area contributed by atoms with Crippen molar-refractivity contribution in [2.45, 2.75) is 18.8 Å². The third-order valence-corrected chi connectivity index (χ3v) is 5.12. The van der Waals surface area contributed by atoms with Crippen molar-refractivity contribution in [1.29, 1.82) is 0 Å². The number of carbonyl (C=O) groups is 1. The van der Waals surface area contributed by atoms with Crippen molar-refractivity contribution < 1.29 is 9.18 Å². The highest BCUT2D eigenvalue weighted by atomic mass is 19.1. The number of nitrogens with two attached hydrogens (primary N) is 1. The summed E-state index contributed by atoms with van der Waals surface area (Å²) in [6, 6.07) is 10.5. The standard InChI is InChI=1S/C20H21FN4O/c1-25-9-3-4-13(11-25)12-7-8-14(16(21)10-12)20-23-17-6-2-5-15(19(22)26)18(17)24-20/h2,5-8,10,13H,3-4,9,11H2,1H3,(H2,22,26)(H,23,24). The van der Waals surface area contributed by atoms with E-state index in [1.54, 1.807) is 30.3 Å². The van der Waals surface area contributed by atoms with Crippen molar-refractivity contribution in [3.05, 3.63) is 53.3 Å². The van der Waals surface area contributed by atoms with Gasteiger partial charge in [-0.05, 0) is 62.2 Å². The molecule has 0 spiro atoms. The molecule has 3 aromatic rings. The van der Waals surface area contributed by atoms with Gasteiger partial charge in [0.25, 0.3) is 5.91 Å². The van der Waals surface area contributed by atoms with Gasteiger partial charge in [0.1, 0.15) is 17.2 Å². The molecule has 0 radical (unpaired) electrons. The fraction of sp³-hybridized carbons (Fsp3) is 0.300. The first-order chi connectivity index (χ1) is 12.5. The monoisotopic (exact) mass is 352 g/mol. The average molecular weight is 352 g/mol. The van der Waals surface area contributed by atoms with E-state index in [0.717, 1.165) is 31.5 Å². The number of rotatable bonds is 3. The summed E-state index contributed by atoms with van der Waals surface area (Å²) in [6.07, 6.45) is 2.21. The summed E-state index contributed by atoms with van der Waals surface area (Å²) in [5.74, 6) is -0.103. The Balaban J connectivity index is 1.71. The van der Waals surface area contributed by atoms with Gasteiger partial charge in [-0.15, -0.1) is 0 Å². The van der Waals surface area contributed by atoms with Crippen molar-refractivity contribution in [3.63, 3.8) is 0 Å². The Kier molecular flexibility index (Phi) is 4.20. The first-order valence-electron chi connectivity index (χ1n) is 8.80. The number of imidazole rings is 1. The number of fused-ring (bicyclic) bond motifs is 1. The van der Waals surface area contributed by atoms with Gasteiger partial charge < -0.3 is 15.6 Å². The largest absolute Gasteiger partial charge is 0.366 e. The molecule has 1 aliphatic rings. The molecule has 1 fully saturated rings. The number of aromatic amines is 1. The Morgan fingerprint density at radius 2 is 2.19 bits per heavy atom. The van der Waals surface area contributed by atoms with Gasteiger partial charge in [0.05, 0.1) is 16.6 Å². The topological polar surface area (TPSA) is 75.0 Å². The number of hydrogen-bond acceptors (Lipinski definition) is 3. The van der Waals surface area contributed by atoms with E-state index in [4.69, 9.17) is 5.73 Å². The second-order valence-corrected chi connectivity index (χ2v) is 6.99.